The first-order valence-corrected chi connectivity index (χ1v) is 12.0. The number of ether oxygens (including phenoxy) is 2. The van der Waals surface area contributed by atoms with E-state index in [9.17, 15) is 9.59 Å². The minimum Gasteiger partial charge on any atom is -0.497 e. The number of fused-ring (bicyclic) bond motifs is 1. The Kier molecular flexibility index (Phi) is 5.91. The molecule has 31 heavy (non-hydrogen) atoms. The molecule has 1 aromatic carbocycles. The van der Waals surface area contributed by atoms with E-state index in [1.165, 1.54) is 19.3 Å². The van der Waals surface area contributed by atoms with E-state index in [-0.39, 0.29) is 24.0 Å². The minimum absolute atomic E-state index is 0.00615. The van der Waals surface area contributed by atoms with Gasteiger partial charge in [-0.25, -0.2) is 0 Å². The second-order valence-electron chi connectivity index (χ2n) is 9.99. The minimum atomic E-state index is -0.0634. The number of likely N-dealkylation sites (tertiary alicyclic amines) is 1. The summed E-state index contributed by atoms with van der Waals surface area (Å²) in [5.41, 5.74) is 0.636. The summed E-state index contributed by atoms with van der Waals surface area (Å²) < 4.78 is 11.5. The zero-order chi connectivity index (χ0) is 21.4. The second-order valence-corrected chi connectivity index (χ2v) is 9.99. The van der Waals surface area contributed by atoms with Crippen LogP contribution in [-0.2, 0) is 9.53 Å². The SMILES string of the molecule is COc1ccc(C(=O)N[C@H]2C[C@H]3CN(C(=O)C4CCC4)C[C@H]3C[C@@H]2OCC2CC2)cc1. The molecule has 6 heteroatoms. The molecule has 4 atom stereocenters. The summed E-state index contributed by atoms with van der Waals surface area (Å²) in [6, 6.07) is 7.22. The number of benzene rings is 1. The molecule has 0 unspecified atom stereocenters. The van der Waals surface area contributed by atoms with Crippen LogP contribution in [0.15, 0.2) is 24.3 Å². The third kappa shape index (κ3) is 4.59. The molecule has 0 bridgehead atoms. The molecule has 0 radical (unpaired) electrons. The Morgan fingerprint density at radius 3 is 2.35 bits per heavy atom. The predicted molar refractivity (Wildman–Crippen MR) is 117 cm³/mol. The Morgan fingerprint density at radius 1 is 1.03 bits per heavy atom. The number of nitrogens with one attached hydrogen (secondary N) is 1. The third-order valence-corrected chi connectivity index (χ3v) is 7.79. The second kappa shape index (κ2) is 8.81. The highest BCUT2D eigenvalue weighted by atomic mass is 16.5. The van der Waals surface area contributed by atoms with Gasteiger partial charge in [0, 0.05) is 31.2 Å². The highest BCUT2D eigenvalue weighted by molar-refractivity contribution is 5.94. The summed E-state index contributed by atoms with van der Waals surface area (Å²) in [5.74, 6) is 2.92. The van der Waals surface area contributed by atoms with Crippen molar-refractivity contribution in [3.05, 3.63) is 29.8 Å². The molecule has 6 nitrogen and oxygen atoms in total. The van der Waals surface area contributed by atoms with Gasteiger partial charge < -0.3 is 19.7 Å². The topological polar surface area (TPSA) is 67.9 Å². The largest absolute Gasteiger partial charge is 0.497 e. The standard InChI is InChI=1S/C25H34N2O4/c1-30-21-9-7-17(8-10-21)24(28)26-22-11-19-13-27(25(29)18-3-2-4-18)14-20(19)12-23(22)31-15-16-5-6-16/h7-10,16,18-20,22-23H,2-6,11-15H2,1H3,(H,26,28)/t19-,20+,22-,23-/m0/s1. The maximum atomic E-state index is 12.9. The molecule has 0 spiro atoms. The summed E-state index contributed by atoms with van der Waals surface area (Å²) in [6.45, 7) is 2.49. The van der Waals surface area contributed by atoms with Crippen molar-refractivity contribution < 1.29 is 19.1 Å². The summed E-state index contributed by atoms with van der Waals surface area (Å²) in [7, 11) is 1.62. The lowest BCUT2D eigenvalue weighted by Gasteiger charge is -2.38. The van der Waals surface area contributed by atoms with Crippen LogP contribution in [-0.4, -0.2) is 55.7 Å². The van der Waals surface area contributed by atoms with Crippen molar-refractivity contribution in [3.8, 4) is 5.75 Å². The van der Waals surface area contributed by atoms with E-state index in [1.807, 2.05) is 12.1 Å². The van der Waals surface area contributed by atoms with Gasteiger partial charge in [-0.15, -0.1) is 0 Å². The Hall–Kier alpha value is -2.08. The smallest absolute Gasteiger partial charge is 0.251 e. The number of methoxy groups -OCH3 is 1. The Bertz CT molecular complexity index is 802. The van der Waals surface area contributed by atoms with Gasteiger partial charge in [0.15, 0.2) is 0 Å². The van der Waals surface area contributed by atoms with Crippen molar-refractivity contribution in [2.24, 2.45) is 23.7 Å². The Labute approximate surface area is 184 Å². The highest BCUT2D eigenvalue weighted by Gasteiger charge is 2.46. The quantitative estimate of drug-likeness (QED) is 0.727. The zero-order valence-electron chi connectivity index (χ0n) is 18.4. The molecule has 168 valence electrons. The first kappa shape index (κ1) is 20.8. The van der Waals surface area contributed by atoms with Crippen molar-refractivity contribution >= 4 is 11.8 Å². The number of hydrogen-bond acceptors (Lipinski definition) is 4. The summed E-state index contributed by atoms with van der Waals surface area (Å²) in [5, 5.41) is 3.26. The molecule has 3 saturated carbocycles. The van der Waals surface area contributed by atoms with Gasteiger partial charge in [0.1, 0.15) is 5.75 Å². The molecular formula is C25H34N2O4. The molecule has 1 N–H and O–H groups in total. The fourth-order valence-corrected chi connectivity index (χ4v) is 5.38. The fourth-order valence-electron chi connectivity index (χ4n) is 5.38. The van der Waals surface area contributed by atoms with Crippen LogP contribution < -0.4 is 10.1 Å². The lowest BCUT2D eigenvalue weighted by atomic mass is 9.77. The zero-order valence-corrected chi connectivity index (χ0v) is 18.4. The van der Waals surface area contributed by atoms with Gasteiger partial charge >= 0.3 is 0 Å². The van der Waals surface area contributed by atoms with Gasteiger partial charge in [-0.05, 0) is 80.5 Å². The van der Waals surface area contributed by atoms with Gasteiger partial charge in [-0.1, -0.05) is 6.42 Å². The molecule has 0 aromatic heterocycles. The van der Waals surface area contributed by atoms with Crippen LogP contribution in [0.5, 0.6) is 5.75 Å². The van der Waals surface area contributed by atoms with Crippen molar-refractivity contribution in [3.63, 3.8) is 0 Å². The van der Waals surface area contributed by atoms with Gasteiger partial charge in [0.25, 0.3) is 5.91 Å². The van der Waals surface area contributed by atoms with Crippen LogP contribution in [0.4, 0.5) is 0 Å². The van der Waals surface area contributed by atoms with Gasteiger partial charge in [-0.3, -0.25) is 9.59 Å². The fraction of sp³-hybridized carbons (Fsp3) is 0.680. The molecule has 1 aromatic rings. The van der Waals surface area contributed by atoms with E-state index >= 15 is 0 Å². The van der Waals surface area contributed by atoms with E-state index in [4.69, 9.17) is 9.47 Å². The normalized spacial score (nSPS) is 30.4. The van der Waals surface area contributed by atoms with Crippen LogP contribution >= 0.6 is 0 Å². The lowest BCUT2D eigenvalue weighted by Crippen LogP contribution is -2.50. The summed E-state index contributed by atoms with van der Waals surface area (Å²) in [4.78, 5) is 27.8. The number of rotatable bonds is 7. The molecule has 4 fully saturated rings. The van der Waals surface area contributed by atoms with Crippen LogP contribution in [0, 0.1) is 23.7 Å². The van der Waals surface area contributed by atoms with Gasteiger partial charge in [0.05, 0.1) is 19.3 Å². The monoisotopic (exact) mass is 426 g/mol. The first-order chi connectivity index (χ1) is 15.1. The third-order valence-electron chi connectivity index (χ3n) is 7.79. The van der Waals surface area contributed by atoms with E-state index in [1.54, 1.807) is 19.2 Å². The Balaban J connectivity index is 1.25. The van der Waals surface area contributed by atoms with E-state index in [0.29, 0.717) is 29.2 Å². The lowest BCUT2D eigenvalue weighted by molar-refractivity contribution is -0.137. The molecule has 2 amide bonds. The van der Waals surface area contributed by atoms with Crippen LogP contribution in [0.1, 0.15) is 55.3 Å². The van der Waals surface area contributed by atoms with E-state index in [0.717, 1.165) is 51.1 Å². The molecule has 5 rings (SSSR count). The highest BCUT2D eigenvalue weighted by Crippen LogP contribution is 2.40. The Morgan fingerprint density at radius 2 is 1.74 bits per heavy atom. The maximum Gasteiger partial charge on any atom is 0.251 e. The number of amides is 2. The van der Waals surface area contributed by atoms with Crippen molar-refractivity contribution in [2.75, 3.05) is 26.8 Å². The van der Waals surface area contributed by atoms with Crippen LogP contribution in [0.3, 0.4) is 0 Å². The molecule has 4 aliphatic rings. The van der Waals surface area contributed by atoms with E-state index < -0.39 is 0 Å². The van der Waals surface area contributed by atoms with Gasteiger partial charge in [0.2, 0.25) is 5.91 Å². The molecule has 1 aliphatic heterocycles. The average Bonchev–Trinajstić information content (AvgIpc) is 3.48. The first-order valence-electron chi connectivity index (χ1n) is 12.0. The van der Waals surface area contributed by atoms with Crippen molar-refractivity contribution in [2.45, 2.75) is 57.1 Å². The summed E-state index contributed by atoms with van der Waals surface area (Å²) in [6.07, 6.45) is 7.65. The van der Waals surface area contributed by atoms with Gasteiger partial charge in [-0.2, -0.15) is 0 Å². The molecule has 1 heterocycles. The van der Waals surface area contributed by atoms with E-state index in [2.05, 4.69) is 10.2 Å². The molecular weight excluding hydrogens is 392 g/mol. The predicted octanol–water partition coefficient (Wildman–Crippen LogP) is 3.26. The molecule has 3 aliphatic carbocycles. The molecule has 1 saturated heterocycles. The number of hydrogen-bond donors (Lipinski definition) is 1. The van der Waals surface area contributed by atoms with Crippen LogP contribution in [0.25, 0.3) is 0 Å². The average molecular weight is 427 g/mol. The number of nitrogens with zero attached hydrogens (tertiary/aromatic N) is 1. The van der Waals surface area contributed by atoms with Crippen molar-refractivity contribution in [1.29, 1.82) is 0 Å². The van der Waals surface area contributed by atoms with Crippen LogP contribution in [0.2, 0.25) is 0 Å². The number of carbonyl (C=O) groups is 2. The van der Waals surface area contributed by atoms with Crippen molar-refractivity contribution in [1.82, 2.24) is 10.2 Å². The summed E-state index contributed by atoms with van der Waals surface area (Å²) >= 11 is 0. The maximum absolute atomic E-state index is 12.9. The number of carbonyl (C=O) groups excluding carboxylic acids is 2.